The minimum absolute atomic E-state index is 0.0787. The molecule has 0 saturated carbocycles. The standard InChI is InChI=1S/C24H27FN2O3/c1-17-6-3-10-22(18(17)2)26-23(28)16-27(15-21-9-5-13-30-21)24(29)12-11-19-7-4-8-20(25)14-19/h3-4,6-8,10-12,14,21H,5,9,13,15-16H2,1-2H3,(H,26,28)/b12-11+/t21-/m0/s1. The maximum Gasteiger partial charge on any atom is 0.247 e. The van der Waals surface area contributed by atoms with Crippen LogP contribution in [0.4, 0.5) is 10.1 Å². The second-order valence-corrected chi connectivity index (χ2v) is 7.54. The fraction of sp³-hybridized carbons (Fsp3) is 0.333. The average Bonchev–Trinajstić information content (AvgIpc) is 3.22. The number of nitrogens with zero attached hydrogens (tertiary/aromatic N) is 1. The van der Waals surface area contributed by atoms with Crippen molar-refractivity contribution in [3.8, 4) is 0 Å². The van der Waals surface area contributed by atoms with Crippen LogP contribution in [0.5, 0.6) is 0 Å². The first-order valence-electron chi connectivity index (χ1n) is 10.1. The summed E-state index contributed by atoms with van der Waals surface area (Å²) in [5.41, 5.74) is 3.40. The Morgan fingerprint density at radius 1 is 1.23 bits per heavy atom. The van der Waals surface area contributed by atoms with Crippen molar-refractivity contribution in [2.75, 3.05) is 25.0 Å². The van der Waals surface area contributed by atoms with Crippen molar-refractivity contribution >= 4 is 23.6 Å². The van der Waals surface area contributed by atoms with Gasteiger partial charge in [-0.25, -0.2) is 4.39 Å². The number of carbonyl (C=O) groups is 2. The number of carbonyl (C=O) groups excluding carboxylic acids is 2. The molecule has 0 unspecified atom stereocenters. The lowest BCUT2D eigenvalue weighted by molar-refractivity contribution is -0.131. The van der Waals surface area contributed by atoms with Gasteiger partial charge in [-0.1, -0.05) is 24.3 Å². The molecule has 2 aromatic carbocycles. The number of hydrogen-bond donors (Lipinski definition) is 1. The number of halogens is 1. The molecule has 1 N–H and O–H groups in total. The van der Waals surface area contributed by atoms with Crippen LogP contribution in [0, 0.1) is 19.7 Å². The van der Waals surface area contributed by atoms with Gasteiger partial charge >= 0.3 is 0 Å². The predicted octanol–water partition coefficient (Wildman–Crippen LogP) is 4.10. The maximum absolute atomic E-state index is 13.4. The summed E-state index contributed by atoms with van der Waals surface area (Å²) in [6.07, 6.45) is 4.65. The molecule has 2 amide bonds. The van der Waals surface area contributed by atoms with E-state index in [1.54, 1.807) is 18.2 Å². The van der Waals surface area contributed by atoms with Crippen molar-refractivity contribution in [1.29, 1.82) is 0 Å². The number of aryl methyl sites for hydroxylation is 1. The molecular formula is C24H27FN2O3. The summed E-state index contributed by atoms with van der Waals surface area (Å²) in [6.45, 7) is 4.85. The first-order valence-corrected chi connectivity index (χ1v) is 10.1. The van der Waals surface area contributed by atoms with Gasteiger partial charge in [0.2, 0.25) is 11.8 Å². The van der Waals surface area contributed by atoms with Crippen molar-refractivity contribution in [2.45, 2.75) is 32.8 Å². The van der Waals surface area contributed by atoms with E-state index < -0.39 is 0 Å². The molecule has 1 saturated heterocycles. The summed E-state index contributed by atoms with van der Waals surface area (Å²) in [7, 11) is 0. The largest absolute Gasteiger partial charge is 0.376 e. The van der Waals surface area contributed by atoms with Gasteiger partial charge in [0.1, 0.15) is 12.4 Å². The zero-order chi connectivity index (χ0) is 21.5. The van der Waals surface area contributed by atoms with E-state index in [0.717, 1.165) is 29.7 Å². The van der Waals surface area contributed by atoms with Gasteiger partial charge in [0.25, 0.3) is 0 Å². The number of nitrogens with one attached hydrogen (secondary N) is 1. The summed E-state index contributed by atoms with van der Waals surface area (Å²) in [6, 6.07) is 11.7. The minimum Gasteiger partial charge on any atom is -0.376 e. The second kappa shape index (κ2) is 10.2. The van der Waals surface area contributed by atoms with Crippen LogP contribution in [0.3, 0.4) is 0 Å². The number of hydrogen-bond acceptors (Lipinski definition) is 3. The molecule has 0 aliphatic carbocycles. The Labute approximate surface area is 176 Å². The number of amides is 2. The molecule has 3 rings (SSSR count). The predicted molar refractivity (Wildman–Crippen MR) is 116 cm³/mol. The lowest BCUT2D eigenvalue weighted by Crippen LogP contribution is -2.41. The van der Waals surface area contributed by atoms with Gasteiger partial charge in [-0.05, 0) is 67.7 Å². The van der Waals surface area contributed by atoms with Crippen molar-refractivity contribution in [3.63, 3.8) is 0 Å². The van der Waals surface area contributed by atoms with Crippen LogP contribution in [-0.4, -0.2) is 42.5 Å². The lowest BCUT2D eigenvalue weighted by Gasteiger charge is -2.24. The molecule has 0 radical (unpaired) electrons. The quantitative estimate of drug-likeness (QED) is 0.699. The SMILES string of the molecule is Cc1cccc(NC(=O)CN(C[C@@H]2CCCO2)C(=O)/C=C/c2cccc(F)c2)c1C. The Morgan fingerprint density at radius 2 is 2.03 bits per heavy atom. The van der Waals surface area contributed by atoms with E-state index in [1.807, 2.05) is 32.0 Å². The van der Waals surface area contributed by atoms with E-state index in [2.05, 4.69) is 5.32 Å². The van der Waals surface area contributed by atoms with Crippen LogP contribution < -0.4 is 5.32 Å². The second-order valence-electron chi connectivity index (χ2n) is 7.54. The number of ether oxygens (including phenoxy) is 1. The average molecular weight is 410 g/mol. The smallest absolute Gasteiger partial charge is 0.247 e. The van der Waals surface area contributed by atoms with Crippen molar-refractivity contribution < 1.29 is 18.7 Å². The van der Waals surface area contributed by atoms with E-state index in [4.69, 9.17) is 4.74 Å². The molecule has 1 fully saturated rings. The summed E-state index contributed by atoms with van der Waals surface area (Å²) < 4.78 is 19.0. The zero-order valence-corrected chi connectivity index (χ0v) is 17.4. The van der Waals surface area contributed by atoms with E-state index >= 15 is 0 Å². The van der Waals surface area contributed by atoms with Crippen LogP contribution in [0.1, 0.15) is 29.5 Å². The van der Waals surface area contributed by atoms with E-state index in [0.29, 0.717) is 18.7 Å². The molecule has 1 aliphatic rings. The molecule has 30 heavy (non-hydrogen) atoms. The lowest BCUT2D eigenvalue weighted by atomic mass is 10.1. The Balaban J connectivity index is 1.70. The van der Waals surface area contributed by atoms with Crippen LogP contribution in [0.2, 0.25) is 0 Å². The van der Waals surface area contributed by atoms with Crippen molar-refractivity contribution in [2.24, 2.45) is 0 Å². The highest BCUT2D eigenvalue weighted by atomic mass is 19.1. The van der Waals surface area contributed by atoms with Crippen molar-refractivity contribution in [1.82, 2.24) is 4.90 Å². The topological polar surface area (TPSA) is 58.6 Å². The molecule has 0 spiro atoms. The maximum atomic E-state index is 13.4. The number of rotatable bonds is 7. The zero-order valence-electron chi connectivity index (χ0n) is 17.4. The molecule has 6 heteroatoms. The van der Waals surface area contributed by atoms with Gasteiger partial charge < -0.3 is 15.0 Å². The molecule has 5 nitrogen and oxygen atoms in total. The normalized spacial score (nSPS) is 16.0. The highest BCUT2D eigenvalue weighted by Crippen LogP contribution is 2.18. The van der Waals surface area contributed by atoms with Gasteiger partial charge in [-0.3, -0.25) is 9.59 Å². The van der Waals surface area contributed by atoms with Gasteiger partial charge in [0, 0.05) is 24.9 Å². The minimum atomic E-state index is -0.367. The molecular weight excluding hydrogens is 383 g/mol. The van der Waals surface area contributed by atoms with Crippen LogP contribution >= 0.6 is 0 Å². The summed E-state index contributed by atoms with van der Waals surface area (Å²) >= 11 is 0. The fourth-order valence-corrected chi connectivity index (χ4v) is 3.40. The van der Waals surface area contributed by atoms with E-state index in [-0.39, 0.29) is 30.3 Å². The third kappa shape index (κ3) is 6.00. The third-order valence-electron chi connectivity index (χ3n) is 5.24. The summed E-state index contributed by atoms with van der Waals surface area (Å²) in [5, 5.41) is 2.90. The van der Waals surface area contributed by atoms with Crippen LogP contribution in [0.15, 0.2) is 48.5 Å². The Bertz CT molecular complexity index is 936. The van der Waals surface area contributed by atoms with Crippen molar-refractivity contribution in [3.05, 3.63) is 71.0 Å². The Hall–Kier alpha value is -2.99. The van der Waals surface area contributed by atoms with Crippen LogP contribution in [0.25, 0.3) is 6.08 Å². The van der Waals surface area contributed by atoms with Gasteiger partial charge in [0.15, 0.2) is 0 Å². The Morgan fingerprint density at radius 3 is 2.77 bits per heavy atom. The summed E-state index contributed by atoms with van der Waals surface area (Å²) in [5.74, 6) is -0.950. The van der Waals surface area contributed by atoms with Gasteiger partial charge in [-0.15, -0.1) is 0 Å². The molecule has 0 bridgehead atoms. The highest BCUT2D eigenvalue weighted by Gasteiger charge is 2.23. The molecule has 2 aromatic rings. The van der Waals surface area contributed by atoms with Crippen LogP contribution in [-0.2, 0) is 14.3 Å². The molecule has 158 valence electrons. The Kier molecular flexibility index (Phi) is 7.36. The third-order valence-corrected chi connectivity index (χ3v) is 5.24. The first-order chi connectivity index (χ1) is 14.4. The fourth-order valence-electron chi connectivity index (χ4n) is 3.40. The van der Waals surface area contributed by atoms with Gasteiger partial charge in [0.05, 0.1) is 6.10 Å². The first kappa shape index (κ1) is 21.7. The molecule has 1 heterocycles. The highest BCUT2D eigenvalue weighted by molar-refractivity contribution is 5.98. The van der Waals surface area contributed by atoms with E-state index in [1.165, 1.54) is 23.1 Å². The summed E-state index contributed by atoms with van der Waals surface area (Å²) in [4.78, 5) is 27.0. The molecule has 1 aliphatic heterocycles. The molecule has 1 atom stereocenters. The number of anilines is 1. The monoisotopic (exact) mass is 410 g/mol. The number of benzene rings is 2. The molecule has 0 aromatic heterocycles. The van der Waals surface area contributed by atoms with E-state index in [9.17, 15) is 14.0 Å². The van der Waals surface area contributed by atoms with Gasteiger partial charge in [-0.2, -0.15) is 0 Å².